The maximum absolute atomic E-state index is 2.84. The molecular weight excluding hydrogens is 1040 g/mol. The molecule has 6 heteroatoms. The number of thiophene rings is 1. The van der Waals surface area contributed by atoms with E-state index in [2.05, 4.69) is 277 Å². The third-order valence-corrected chi connectivity index (χ3v) is 23.5. The molecule has 2 fully saturated rings. The van der Waals surface area contributed by atoms with E-state index in [1.54, 1.807) is 0 Å². The molecule has 0 bridgehead atoms. The lowest BCUT2D eigenvalue weighted by Crippen LogP contribution is -2.62. The zero-order chi connectivity index (χ0) is 57.5. The lowest BCUT2D eigenvalue weighted by atomic mass is 9.33. The van der Waals surface area contributed by atoms with Gasteiger partial charge in [-0.1, -0.05) is 202 Å². The van der Waals surface area contributed by atoms with Gasteiger partial charge < -0.3 is 19.6 Å². The molecule has 6 aliphatic rings. The van der Waals surface area contributed by atoms with Crippen molar-refractivity contribution in [2.24, 2.45) is 0 Å². The standard InChI is InChI=1S/C78H77BN4S/c1-73(2,3)51-36-40-62(57(45-51)50-25-12-11-13-26-50)80-67-47-53(82-63-31-17-15-29-58(63)75(7)41-20-22-43-77(75,82)9)37-39-61(67)79-60-38-35-52(74(4,5)6)46-66(60)81(65-33-24-28-56-55-27-14-19-34-70(55)84-72(56)65)69-49-54(48-68(80)71(69)79)83-64-32-18-16-30-59(64)76(8)42-21-23-44-78(76,83)10/h11-19,24-40,45-49H,20-23,41-44H2,1-10H3. The molecule has 4 unspecified atom stereocenters. The van der Waals surface area contributed by atoms with Crippen molar-refractivity contribution >= 4 is 111 Å². The van der Waals surface area contributed by atoms with Crippen LogP contribution < -0.4 is 36.0 Å². The molecule has 1 aromatic heterocycles. The van der Waals surface area contributed by atoms with E-state index >= 15 is 0 Å². The summed E-state index contributed by atoms with van der Waals surface area (Å²) in [6.07, 6.45) is 9.55. The van der Waals surface area contributed by atoms with Gasteiger partial charge in [0.1, 0.15) is 0 Å². The average Bonchev–Trinajstić information content (AvgIpc) is 1.23. The normalized spacial score (nSPS) is 23.0. The Bertz CT molecular complexity index is 4370. The predicted octanol–water partition coefficient (Wildman–Crippen LogP) is 19.9. The maximum Gasteiger partial charge on any atom is 0.252 e. The van der Waals surface area contributed by atoms with Crippen LogP contribution in [0, 0.1) is 0 Å². The second kappa shape index (κ2) is 18.0. The minimum atomic E-state index is -0.170. The van der Waals surface area contributed by atoms with Crippen LogP contribution in [0.1, 0.15) is 143 Å². The molecule has 2 saturated carbocycles. The van der Waals surface area contributed by atoms with Gasteiger partial charge in [-0.05, 0) is 161 Å². The highest BCUT2D eigenvalue weighted by atomic mass is 32.1. The third kappa shape index (κ3) is 7.07. The topological polar surface area (TPSA) is 13.0 Å². The van der Waals surface area contributed by atoms with Gasteiger partial charge in [0.2, 0.25) is 0 Å². The van der Waals surface area contributed by atoms with E-state index in [0.29, 0.717) is 0 Å². The zero-order valence-electron chi connectivity index (χ0n) is 50.8. The lowest BCUT2D eigenvalue weighted by Gasteiger charge is -2.51. The fourth-order valence-electron chi connectivity index (χ4n) is 17.4. The molecule has 84 heavy (non-hydrogen) atoms. The van der Waals surface area contributed by atoms with E-state index in [0.717, 1.165) is 12.8 Å². The van der Waals surface area contributed by atoms with Crippen LogP contribution in [0.3, 0.4) is 0 Å². The van der Waals surface area contributed by atoms with Crippen molar-refractivity contribution in [1.82, 2.24) is 0 Å². The number of para-hydroxylation sites is 2. The highest BCUT2D eigenvalue weighted by Crippen LogP contribution is 2.64. The molecule has 0 saturated heterocycles. The van der Waals surface area contributed by atoms with E-state index < -0.39 is 0 Å². The highest BCUT2D eigenvalue weighted by molar-refractivity contribution is 7.26. The summed E-state index contributed by atoms with van der Waals surface area (Å²) < 4.78 is 2.64. The molecule has 4 atom stereocenters. The summed E-state index contributed by atoms with van der Waals surface area (Å²) in [6.45, 7) is 24.5. The molecular formula is C78H77BN4S. The van der Waals surface area contributed by atoms with E-state index in [-0.39, 0.29) is 39.5 Å². The van der Waals surface area contributed by atoms with Crippen LogP contribution in [0.15, 0.2) is 188 Å². The van der Waals surface area contributed by atoms with Crippen molar-refractivity contribution in [2.45, 2.75) is 153 Å². The molecule has 4 nitrogen and oxygen atoms in total. The molecule has 2 aliphatic carbocycles. The molecule has 418 valence electrons. The van der Waals surface area contributed by atoms with Gasteiger partial charge in [-0.2, -0.15) is 0 Å². The van der Waals surface area contributed by atoms with Gasteiger partial charge in [-0.15, -0.1) is 11.3 Å². The molecule has 0 N–H and O–H groups in total. The van der Waals surface area contributed by atoms with E-state index in [1.807, 2.05) is 11.3 Å². The fraction of sp³-hybridized carbons (Fsp3) is 0.308. The van der Waals surface area contributed by atoms with Crippen LogP contribution in [-0.2, 0) is 21.7 Å². The van der Waals surface area contributed by atoms with Gasteiger partial charge in [-0.25, -0.2) is 0 Å². The van der Waals surface area contributed by atoms with Crippen LogP contribution in [0.5, 0.6) is 0 Å². The Kier molecular flexibility index (Phi) is 11.2. The predicted molar refractivity (Wildman–Crippen MR) is 362 cm³/mol. The summed E-state index contributed by atoms with van der Waals surface area (Å²) in [5.74, 6) is 0. The second-order valence-corrected chi connectivity index (χ2v) is 29.8. The number of hydrogen-bond donors (Lipinski definition) is 0. The fourth-order valence-corrected chi connectivity index (χ4v) is 18.6. The van der Waals surface area contributed by atoms with Crippen LogP contribution >= 0.6 is 11.3 Å². The monoisotopic (exact) mass is 1110 g/mol. The first kappa shape index (κ1) is 52.1. The molecule has 10 aromatic rings. The number of benzene rings is 9. The van der Waals surface area contributed by atoms with E-state index in [1.165, 1.54) is 165 Å². The minimum absolute atomic E-state index is 0.0145. The highest BCUT2D eigenvalue weighted by Gasteiger charge is 2.60. The number of rotatable bonds is 5. The Hall–Kier alpha value is -7.54. The summed E-state index contributed by atoms with van der Waals surface area (Å²) >= 11 is 1.94. The largest absolute Gasteiger partial charge is 0.334 e. The Labute approximate surface area is 502 Å². The van der Waals surface area contributed by atoms with Crippen LogP contribution in [0.4, 0.5) is 56.9 Å². The SMILES string of the molecule is CC(C)(C)c1ccc(N2c3cc(N4c5ccccc5C5(C)CCCCC45C)ccc3B3c4ccc(C(C)(C)C)cc4N(c4cccc5c4sc4ccccc45)c4cc(N5c6ccccc6C6(C)CCCCC56C)cc2c43)c(-c2ccccc2)c1. The van der Waals surface area contributed by atoms with Gasteiger partial charge in [0.05, 0.1) is 27.2 Å². The number of anilines is 10. The summed E-state index contributed by atoms with van der Waals surface area (Å²) in [4.78, 5) is 11.1. The smallest absolute Gasteiger partial charge is 0.252 e. The number of nitrogens with zero attached hydrogens (tertiary/aromatic N) is 4. The van der Waals surface area contributed by atoms with Gasteiger partial charge in [-0.3, -0.25) is 0 Å². The van der Waals surface area contributed by atoms with Crippen molar-refractivity contribution in [1.29, 1.82) is 0 Å². The Balaban J connectivity index is 1.06. The molecule has 0 spiro atoms. The first-order valence-corrected chi connectivity index (χ1v) is 32.2. The third-order valence-electron chi connectivity index (χ3n) is 22.3. The molecule has 0 radical (unpaired) electrons. The van der Waals surface area contributed by atoms with Gasteiger partial charge in [0, 0.05) is 77.4 Å². The maximum atomic E-state index is 2.84. The summed E-state index contributed by atoms with van der Waals surface area (Å²) in [7, 11) is 0. The lowest BCUT2D eigenvalue weighted by molar-refractivity contribution is 0.195. The zero-order valence-corrected chi connectivity index (χ0v) is 51.6. The quantitative estimate of drug-likeness (QED) is 0.159. The first-order chi connectivity index (χ1) is 40.4. The Morgan fingerprint density at radius 1 is 0.405 bits per heavy atom. The van der Waals surface area contributed by atoms with E-state index in [4.69, 9.17) is 0 Å². The van der Waals surface area contributed by atoms with Gasteiger partial charge in [0.25, 0.3) is 6.71 Å². The second-order valence-electron chi connectivity index (χ2n) is 28.7. The summed E-state index contributed by atoms with van der Waals surface area (Å²) in [5.41, 5.74) is 24.4. The van der Waals surface area contributed by atoms with Crippen LogP contribution in [-0.4, -0.2) is 17.8 Å². The summed E-state index contributed by atoms with van der Waals surface area (Å²) in [6, 6.07) is 74.3. The van der Waals surface area contributed by atoms with Crippen molar-refractivity contribution in [3.05, 3.63) is 210 Å². The molecule has 4 aliphatic heterocycles. The van der Waals surface area contributed by atoms with E-state index in [9.17, 15) is 0 Å². The minimum Gasteiger partial charge on any atom is -0.334 e. The average molecular weight is 1110 g/mol. The molecule has 16 rings (SSSR count). The number of hydrogen-bond acceptors (Lipinski definition) is 5. The first-order valence-electron chi connectivity index (χ1n) is 31.4. The Morgan fingerprint density at radius 3 is 1.56 bits per heavy atom. The molecule has 5 heterocycles. The van der Waals surface area contributed by atoms with Crippen LogP contribution in [0.2, 0.25) is 0 Å². The van der Waals surface area contributed by atoms with Crippen molar-refractivity contribution < 1.29 is 0 Å². The molecule has 0 amide bonds. The Morgan fingerprint density at radius 2 is 0.905 bits per heavy atom. The summed E-state index contributed by atoms with van der Waals surface area (Å²) in [5, 5.41) is 2.63. The van der Waals surface area contributed by atoms with Crippen molar-refractivity contribution in [3.8, 4) is 11.1 Å². The van der Waals surface area contributed by atoms with Crippen molar-refractivity contribution in [2.75, 3.05) is 19.6 Å². The van der Waals surface area contributed by atoms with Crippen molar-refractivity contribution in [3.63, 3.8) is 0 Å². The number of fused-ring (bicyclic) bond motifs is 13. The van der Waals surface area contributed by atoms with Crippen LogP contribution in [0.25, 0.3) is 31.3 Å². The van der Waals surface area contributed by atoms with Gasteiger partial charge >= 0.3 is 0 Å². The van der Waals surface area contributed by atoms with Gasteiger partial charge in [0.15, 0.2) is 0 Å². The molecule has 9 aromatic carbocycles.